The van der Waals surface area contributed by atoms with E-state index in [1.165, 1.54) is 6.33 Å². The standard InChI is InChI=1S/C17H15BrN4O2/c1-24-14-5-2-12(3-6-14)8-17(23)21-15-9-13(18)4-7-16(15)22-11-19-10-20-22/h2-7,9-11H,8H2,1H3,(H,21,23). The number of nitrogens with one attached hydrogen (secondary N) is 1. The second kappa shape index (κ2) is 7.27. The Morgan fingerprint density at radius 3 is 2.71 bits per heavy atom. The number of halogens is 1. The number of ether oxygens (including phenoxy) is 1. The third kappa shape index (κ3) is 3.80. The van der Waals surface area contributed by atoms with Gasteiger partial charge in [-0.1, -0.05) is 28.1 Å². The number of benzene rings is 2. The van der Waals surface area contributed by atoms with E-state index in [-0.39, 0.29) is 12.3 Å². The van der Waals surface area contributed by atoms with Gasteiger partial charge in [0.25, 0.3) is 0 Å². The molecule has 0 saturated carbocycles. The summed E-state index contributed by atoms with van der Waals surface area (Å²) in [6, 6.07) is 13.0. The maximum Gasteiger partial charge on any atom is 0.228 e. The van der Waals surface area contributed by atoms with Crippen LogP contribution in [0.25, 0.3) is 5.69 Å². The number of hydrogen-bond donors (Lipinski definition) is 1. The summed E-state index contributed by atoms with van der Waals surface area (Å²) in [7, 11) is 1.61. The molecule has 1 amide bonds. The molecule has 0 aliphatic heterocycles. The number of anilines is 1. The summed E-state index contributed by atoms with van der Waals surface area (Å²) in [6.45, 7) is 0. The molecule has 0 fully saturated rings. The molecule has 0 aliphatic carbocycles. The number of amides is 1. The number of nitrogens with zero attached hydrogens (tertiary/aromatic N) is 3. The highest BCUT2D eigenvalue weighted by Gasteiger charge is 2.10. The highest BCUT2D eigenvalue weighted by molar-refractivity contribution is 9.10. The second-order valence-corrected chi connectivity index (χ2v) is 5.99. The van der Waals surface area contributed by atoms with Crippen LogP contribution in [0.2, 0.25) is 0 Å². The topological polar surface area (TPSA) is 69.0 Å². The molecule has 0 spiro atoms. The summed E-state index contributed by atoms with van der Waals surface area (Å²) in [5.74, 6) is 0.652. The molecule has 0 radical (unpaired) electrons. The third-order valence-corrected chi connectivity index (χ3v) is 3.92. The van der Waals surface area contributed by atoms with E-state index in [1.807, 2.05) is 42.5 Å². The normalized spacial score (nSPS) is 10.4. The van der Waals surface area contributed by atoms with Gasteiger partial charge in [-0.15, -0.1) is 0 Å². The molecule has 7 heteroatoms. The van der Waals surface area contributed by atoms with Gasteiger partial charge in [-0.2, -0.15) is 5.10 Å². The summed E-state index contributed by atoms with van der Waals surface area (Å²) in [5, 5.41) is 7.04. The van der Waals surface area contributed by atoms with Crippen molar-refractivity contribution in [3.05, 3.63) is 65.2 Å². The first kappa shape index (κ1) is 16.2. The van der Waals surface area contributed by atoms with Crippen LogP contribution in [0.1, 0.15) is 5.56 Å². The predicted molar refractivity (Wildman–Crippen MR) is 94.4 cm³/mol. The summed E-state index contributed by atoms with van der Waals surface area (Å²) in [5.41, 5.74) is 2.32. The van der Waals surface area contributed by atoms with Crippen molar-refractivity contribution >= 4 is 27.5 Å². The molecule has 3 aromatic rings. The largest absolute Gasteiger partial charge is 0.497 e. The lowest BCUT2D eigenvalue weighted by Crippen LogP contribution is -2.16. The minimum absolute atomic E-state index is 0.111. The predicted octanol–water partition coefficient (Wildman–Crippen LogP) is 3.22. The third-order valence-electron chi connectivity index (χ3n) is 3.42. The lowest BCUT2D eigenvalue weighted by molar-refractivity contribution is -0.115. The fourth-order valence-corrected chi connectivity index (χ4v) is 2.63. The van der Waals surface area contributed by atoms with Crippen LogP contribution >= 0.6 is 15.9 Å². The zero-order valence-corrected chi connectivity index (χ0v) is 14.5. The summed E-state index contributed by atoms with van der Waals surface area (Å²) in [6.07, 6.45) is 3.31. The van der Waals surface area contributed by atoms with Crippen LogP contribution in [0.5, 0.6) is 5.75 Å². The maximum atomic E-state index is 12.4. The molecule has 6 nitrogen and oxygen atoms in total. The van der Waals surface area contributed by atoms with Gasteiger partial charge < -0.3 is 10.1 Å². The van der Waals surface area contributed by atoms with Gasteiger partial charge in [0.05, 0.1) is 24.9 Å². The highest BCUT2D eigenvalue weighted by Crippen LogP contribution is 2.24. The molecule has 3 rings (SSSR count). The zero-order chi connectivity index (χ0) is 16.9. The van der Waals surface area contributed by atoms with E-state index in [0.717, 1.165) is 21.5 Å². The van der Waals surface area contributed by atoms with E-state index >= 15 is 0 Å². The van der Waals surface area contributed by atoms with Gasteiger partial charge in [0.15, 0.2) is 0 Å². The Hall–Kier alpha value is -2.67. The molecule has 0 bridgehead atoms. The fourth-order valence-electron chi connectivity index (χ4n) is 2.26. The lowest BCUT2D eigenvalue weighted by atomic mass is 10.1. The first-order valence-electron chi connectivity index (χ1n) is 7.23. The average Bonchev–Trinajstić information content (AvgIpc) is 3.10. The monoisotopic (exact) mass is 386 g/mol. The molecule has 0 saturated heterocycles. The van der Waals surface area contributed by atoms with Crippen LogP contribution in [0.3, 0.4) is 0 Å². The average molecular weight is 387 g/mol. The zero-order valence-electron chi connectivity index (χ0n) is 12.9. The Bertz CT molecular complexity index is 832. The fraction of sp³-hybridized carbons (Fsp3) is 0.118. The second-order valence-electron chi connectivity index (χ2n) is 5.07. The molecule has 0 unspecified atom stereocenters. The number of hydrogen-bond acceptors (Lipinski definition) is 4. The van der Waals surface area contributed by atoms with Crippen molar-refractivity contribution in [3.63, 3.8) is 0 Å². The van der Waals surface area contributed by atoms with Gasteiger partial charge in [-0.05, 0) is 35.9 Å². The smallest absolute Gasteiger partial charge is 0.228 e. The number of carbonyl (C=O) groups excluding carboxylic acids is 1. The molecule has 0 atom stereocenters. The van der Waals surface area contributed by atoms with Crippen molar-refractivity contribution in [2.45, 2.75) is 6.42 Å². The summed E-state index contributed by atoms with van der Waals surface area (Å²) in [4.78, 5) is 16.3. The van der Waals surface area contributed by atoms with E-state index in [2.05, 4.69) is 31.3 Å². The Morgan fingerprint density at radius 2 is 2.04 bits per heavy atom. The molecule has 2 aromatic carbocycles. The molecule has 0 aliphatic rings. The Morgan fingerprint density at radius 1 is 1.25 bits per heavy atom. The molecule has 122 valence electrons. The molecule has 24 heavy (non-hydrogen) atoms. The number of methoxy groups -OCH3 is 1. The number of carbonyl (C=O) groups is 1. The lowest BCUT2D eigenvalue weighted by Gasteiger charge is -2.11. The van der Waals surface area contributed by atoms with Crippen molar-refractivity contribution in [1.82, 2.24) is 14.8 Å². The van der Waals surface area contributed by atoms with E-state index in [1.54, 1.807) is 18.1 Å². The Kier molecular flexibility index (Phi) is 4.90. The first-order chi connectivity index (χ1) is 11.7. The Balaban J connectivity index is 1.77. The van der Waals surface area contributed by atoms with Crippen molar-refractivity contribution in [1.29, 1.82) is 0 Å². The van der Waals surface area contributed by atoms with Crippen LogP contribution in [0.4, 0.5) is 5.69 Å². The highest BCUT2D eigenvalue weighted by atomic mass is 79.9. The summed E-state index contributed by atoms with van der Waals surface area (Å²) >= 11 is 3.42. The quantitative estimate of drug-likeness (QED) is 0.730. The van der Waals surface area contributed by atoms with Gasteiger partial charge in [0, 0.05) is 4.47 Å². The van der Waals surface area contributed by atoms with Gasteiger partial charge >= 0.3 is 0 Å². The van der Waals surface area contributed by atoms with Crippen molar-refractivity contribution in [2.75, 3.05) is 12.4 Å². The van der Waals surface area contributed by atoms with Crippen LogP contribution in [-0.4, -0.2) is 27.8 Å². The van der Waals surface area contributed by atoms with Gasteiger partial charge in [-0.25, -0.2) is 9.67 Å². The minimum Gasteiger partial charge on any atom is -0.497 e. The first-order valence-corrected chi connectivity index (χ1v) is 8.02. The number of aromatic nitrogens is 3. The Labute approximate surface area is 147 Å². The molecule has 1 N–H and O–H groups in total. The molecule has 1 heterocycles. The van der Waals surface area contributed by atoms with Crippen LogP contribution in [-0.2, 0) is 11.2 Å². The van der Waals surface area contributed by atoms with Crippen LogP contribution < -0.4 is 10.1 Å². The van der Waals surface area contributed by atoms with Crippen molar-refractivity contribution in [2.24, 2.45) is 0 Å². The van der Waals surface area contributed by atoms with E-state index < -0.39 is 0 Å². The van der Waals surface area contributed by atoms with E-state index in [4.69, 9.17) is 4.74 Å². The van der Waals surface area contributed by atoms with Crippen LogP contribution in [0.15, 0.2) is 59.6 Å². The molecular formula is C17H15BrN4O2. The van der Waals surface area contributed by atoms with E-state index in [9.17, 15) is 4.79 Å². The maximum absolute atomic E-state index is 12.4. The minimum atomic E-state index is -0.111. The van der Waals surface area contributed by atoms with Gasteiger partial charge in [0.2, 0.25) is 5.91 Å². The van der Waals surface area contributed by atoms with Crippen molar-refractivity contribution in [3.8, 4) is 11.4 Å². The van der Waals surface area contributed by atoms with E-state index in [0.29, 0.717) is 5.69 Å². The van der Waals surface area contributed by atoms with Crippen LogP contribution in [0, 0.1) is 0 Å². The SMILES string of the molecule is COc1ccc(CC(=O)Nc2cc(Br)ccc2-n2cncn2)cc1. The summed E-state index contributed by atoms with van der Waals surface area (Å²) < 4.78 is 7.59. The number of rotatable bonds is 5. The molecule has 1 aromatic heterocycles. The van der Waals surface area contributed by atoms with Gasteiger partial charge in [-0.3, -0.25) is 4.79 Å². The van der Waals surface area contributed by atoms with Crippen molar-refractivity contribution < 1.29 is 9.53 Å². The molecular weight excluding hydrogens is 372 g/mol. The van der Waals surface area contributed by atoms with Gasteiger partial charge in [0.1, 0.15) is 18.4 Å².